The number of anilines is 1. The molecule has 2 aromatic carbocycles. The summed E-state index contributed by atoms with van der Waals surface area (Å²) in [7, 11) is 0. The van der Waals surface area contributed by atoms with Crippen LogP contribution in [-0.2, 0) is 11.3 Å². The van der Waals surface area contributed by atoms with Crippen molar-refractivity contribution >= 4 is 11.6 Å². The number of ether oxygens (including phenoxy) is 2. The highest BCUT2D eigenvalue weighted by molar-refractivity contribution is 5.94. The Morgan fingerprint density at radius 2 is 1.70 bits per heavy atom. The summed E-state index contributed by atoms with van der Waals surface area (Å²) in [4.78, 5) is 17.2. The van der Waals surface area contributed by atoms with Crippen LogP contribution >= 0.6 is 0 Å². The van der Waals surface area contributed by atoms with Gasteiger partial charge in [-0.15, -0.1) is 0 Å². The summed E-state index contributed by atoms with van der Waals surface area (Å²) < 4.78 is 11.2. The average Bonchev–Trinajstić information content (AvgIpc) is 2.73. The second-order valence-electron chi connectivity index (χ2n) is 6.51. The topological polar surface area (TPSA) is 42.0 Å². The molecule has 0 spiro atoms. The van der Waals surface area contributed by atoms with Crippen LogP contribution < -0.4 is 9.64 Å². The highest BCUT2D eigenvalue weighted by Gasteiger charge is 2.23. The summed E-state index contributed by atoms with van der Waals surface area (Å²) in [6.45, 7) is 8.73. The molecule has 0 saturated carbocycles. The quantitative estimate of drug-likeness (QED) is 0.749. The fraction of sp³-hybridized carbons (Fsp3) is 0.409. The standard InChI is InChI=1S/C22H28N2O3/c1-3-26-17-19-16-18(10-11-21(19)27-4-2)22(25)24-14-12-23(13-15-24)20-8-6-5-7-9-20/h5-11,16H,3-4,12-15,17H2,1-2H3. The summed E-state index contributed by atoms with van der Waals surface area (Å²) in [5, 5.41) is 0. The third-order valence-electron chi connectivity index (χ3n) is 4.76. The molecule has 0 aromatic heterocycles. The van der Waals surface area contributed by atoms with Crippen LogP contribution in [0.15, 0.2) is 48.5 Å². The van der Waals surface area contributed by atoms with E-state index in [1.165, 1.54) is 5.69 Å². The van der Waals surface area contributed by atoms with Gasteiger partial charge in [-0.05, 0) is 44.2 Å². The lowest BCUT2D eigenvalue weighted by molar-refractivity contribution is 0.0746. The van der Waals surface area contributed by atoms with Gasteiger partial charge in [0.25, 0.3) is 5.91 Å². The van der Waals surface area contributed by atoms with E-state index >= 15 is 0 Å². The van der Waals surface area contributed by atoms with Gasteiger partial charge in [-0.1, -0.05) is 18.2 Å². The normalized spacial score (nSPS) is 14.3. The van der Waals surface area contributed by atoms with Crippen molar-refractivity contribution in [3.05, 3.63) is 59.7 Å². The lowest BCUT2D eigenvalue weighted by Gasteiger charge is -2.36. The number of amides is 1. The predicted octanol–water partition coefficient (Wildman–Crippen LogP) is 3.58. The number of nitrogens with zero attached hydrogens (tertiary/aromatic N) is 2. The molecule has 0 bridgehead atoms. The maximum atomic E-state index is 13.0. The van der Waals surface area contributed by atoms with Crippen molar-refractivity contribution in [1.29, 1.82) is 0 Å². The van der Waals surface area contributed by atoms with Crippen molar-refractivity contribution in [2.24, 2.45) is 0 Å². The maximum Gasteiger partial charge on any atom is 0.253 e. The summed E-state index contributed by atoms with van der Waals surface area (Å²) in [5.74, 6) is 0.861. The Kier molecular flexibility index (Phi) is 6.71. The highest BCUT2D eigenvalue weighted by Crippen LogP contribution is 2.23. The number of carbonyl (C=O) groups excluding carboxylic acids is 1. The molecule has 0 unspecified atom stereocenters. The van der Waals surface area contributed by atoms with E-state index in [1.54, 1.807) is 0 Å². The average molecular weight is 368 g/mol. The minimum atomic E-state index is 0.0727. The molecule has 1 aliphatic rings. The Hall–Kier alpha value is -2.53. The van der Waals surface area contributed by atoms with Crippen LogP contribution in [0.5, 0.6) is 5.75 Å². The molecular weight excluding hydrogens is 340 g/mol. The second kappa shape index (κ2) is 9.42. The summed E-state index contributed by atoms with van der Waals surface area (Å²) in [6, 6.07) is 16.0. The van der Waals surface area contributed by atoms with Crippen LogP contribution in [0.2, 0.25) is 0 Å². The van der Waals surface area contributed by atoms with Gasteiger partial charge in [0.05, 0.1) is 13.2 Å². The van der Waals surface area contributed by atoms with Gasteiger partial charge >= 0.3 is 0 Å². The number of hydrogen-bond donors (Lipinski definition) is 0. The highest BCUT2D eigenvalue weighted by atomic mass is 16.5. The number of hydrogen-bond acceptors (Lipinski definition) is 4. The molecule has 1 fully saturated rings. The largest absolute Gasteiger partial charge is 0.494 e. The number of rotatable bonds is 7. The molecule has 0 N–H and O–H groups in total. The van der Waals surface area contributed by atoms with E-state index in [0.29, 0.717) is 25.4 Å². The van der Waals surface area contributed by atoms with Crippen molar-refractivity contribution < 1.29 is 14.3 Å². The van der Waals surface area contributed by atoms with E-state index in [4.69, 9.17) is 9.47 Å². The summed E-state index contributed by atoms with van der Waals surface area (Å²) in [5.41, 5.74) is 2.83. The Bertz CT molecular complexity index is 740. The lowest BCUT2D eigenvalue weighted by atomic mass is 10.1. The van der Waals surface area contributed by atoms with Gasteiger partial charge < -0.3 is 19.3 Å². The summed E-state index contributed by atoms with van der Waals surface area (Å²) >= 11 is 0. The molecule has 1 aliphatic heterocycles. The first-order valence-corrected chi connectivity index (χ1v) is 9.65. The third kappa shape index (κ3) is 4.80. The zero-order chi connectivity index (χ0) is 19.1. The third-order valence-corrected chi connectivity index (χ3v) is 4.76. The Morgan fingerprint density at radius 3 is 2.37 bits per heavy atom. The Balaban J connectivity index is 1.67. The van der Waals surface area contributed by atoms with Crippen molar-refractivity contribution in [2.45, 2.75) is 20.5 Å². The van der Waals surface area contributed by atoms with E-state index in [1.807, 2.05) is 55.1 Å². The zero-order valence-corrected chi connectivity index (χ0v) is 16.2. The minimum Gasteiger partial charge on any atom is -0.494 e. The predicted molar refractivity (Wildman–Crippen MR) is 107 cm³/mol. The van der Waals surface area contributed by atoms with Crippen LogP contribution in [0.3, 0.4) is 0 Å². The van der Waals surface area contributed by atoms with Crippen LogP contribution in [0, 0.1) is 0 Å². The fourth-order valence-electron chi connectivity index (χ4n) is 3.32. The lowest BCUT2D eigenvalue weighted by Crippen LogP contribution is -2.48. The van der Waals surface area contributed by atoms with Gasteiger partial charge in [0.2, 0.25) is 0 Å². The molecule has 1 heterocycles. The van der Waals surface area contributed by atoms with Crippen LogP contribution in [-0.4, -0.2) is 50.2 Å². The maximum absolute atomic E-state index is 13.0. The van der Waals surface area contributed by atoms with Gasteiger partial charge in [-0.2, -0.15) is 0 Å². The molecule has 3 rings (SSSR count). The molecule has 0 aliphatic carbocycles. The molecule has 0 atom stereocenters. The van der Waals surface area contributed by atoms with E-state index in [9.17, 15) is 4.79 Å². The van der Waals surface area contributed by atoms with E-state index < -0.39 is 0 Å². The van der Waals surface area contributed by atoms with Gasteiger partial charge in [-0.25, -0.2) is 0 Å². The van der Waals surface area contributed by atoms with E-state index in [0.717, 1.165) is 37.5 Å². The molecule has 27 heavy (non-hydrogen) atoms. The van der Waals surface area contributed by atoms with Crippen molar-refractivity contribution in [2.75, 3.05) is 44.3 Å². The zero-order valence-electron chi connectivity index (χ0n) is 16.2. The monoisotopic (exact) mass is 368 g/mol. The SMILES string of the molecule is CCOCc1cc(C(=O)N2CCN(c3ccccc3)CC2)ccc1OCC. The van der Waals surface area contributed by atoms with E-state index in [2.05, 4.69) is 17.0 Å². The van der Waals surface area contributed by atoms with Gasteiger partial charge in [0.15, 0.2) is 0 Å². The molecule has 1 amide bonds. The minimum absolute atomic E-state index is 0.0727. The van der Waals surface area contributed by atoms with Crippen molar-refractivity contribution in [3.63, 3.8) is 0 Å². The Labute approximate surface area is 161 Å². The van der Waals surface area contributed by atoms with Crippen LogP contribution in [0.4, 0.5) is 5.69 Å². The molecule has 5 nitrogen and oxygen atoms in total. The van der Waals surface area contributed by atoms with Crippen LogP contribution in [0.25, 0.3) is 0 Å². The summed E-state index contributed by atoms with van der Waals surface area (Å²) in [6.07, 6.45) is 0. The first-order chi connectivity index (χ1) is 13.2. The van der Waals surface area contributed by atoms with Gasteiger partial charge in [0, 0.05) is 49.6 Å². The van der Waals surface area contributed by atoms with Gasteiger partial charge in [0.1, 0.15) is 5.75 Å². The van der Waals surface area contributed by atoms with Gasteiger partial charge in [-0.3, -0.25) is 4.79 Å². The number of para-hydroxylation sites is 1. The number of piperazine rings is 1. The Morgan fingerprint density at radius 1 is 0.963 bits per heavy atom. The fourth-order valence-corrected chi connectivity index (χ4v) is 3.32. The number of carbonyl (C=O) groups is 1. The second-order valence-corrected chi connectivity index (χ2v) is 6.51. The van der Waals surface area contributed by atoms with Crippen LogP contribution in [0.1, 0.15) is 29.8 Å². The molecular formula is C22H28N2O3. The molecule has 5 heteroatoms. The van der Waals surface area contributed by atoms with Crippen molar-refractivity contribution in [3.8, 4) is 5.75 Å². The molecule has 2 aromatic rings. The molecule has 0 radical (unpaired) electrons. The molecule has 144 valence electrons. The van der Waals surface area contributed by atoms with E-state index in [-0.39, 0.29) is 5.91 Å². The first-order valence-electron chi connectivity index (χ1n) is 9.65. The molecule has 1 saturated heterocycles. The van der Waals surface area contributed by atoms with Crippen molar-refractivity contribution in [1.82, 2.24) is 4.90 Å². The smallest absolute Gasteiger partial charge is 0.253 e. The first kappa shape index (κ1) is 19.2. The number of benzene rings is 2.